The predicted octanol–water partition coefficient (Wildman–Crippen LogP) is 1.52. The predicted molar refractivity (Wildman–Crippen MR) is 77.3 cm³/mol. The van der Waals surface area contributed by atoms with Gasteiger partial charge in [0.25, 0.3) is 5.91 Å². The van der Waals surface area contributed by atoms with Crippen LogP contribution in [0.15, 0.2) is 36.5 Å². The quantitative estimate of drug-likeness (QED) is 0.839. The molecule has 1 saturated heterocycles. The fraction of sp³-hybridized carbons (Fsp3) is 0.400. The second-order valence-electron chi connectivity index (χ2n) is 5.31. The maximum atomic E-state index is 12.6. The van der Waals surface area contributed by atoms with E-state index in [9.17, 15) is 4.79 Å². The van der Waals surface area contributed by atoms with Crippen molar-refractivity contribution in [3.8, 4) is 5.69 Å². The minimum Gasteiger partial charge on any atom is -0.375 e. The summed E-state index contributed by atoms with van der Waals surface area (Å²) < 4.78 is 5.55. The molecule has 2 aromatic rings. The lowest BCUT2D eigenvalue weighted by molar-refractivity contribution is -0.0389. The van der Waals surface area contributed by atoms with E-state index in [1.807, 2.05) is 44.2 Å². The van der Waals surface area contributed by atoms with Crippen LogP contribution in [0.1, 0.15) is 24.3 Å². The molecule has 21 heavy (non-hydrogen) atoms. The molecule has 1 amide bonds. The Morgan fingerprint density at radius 3 is 2.81 bits per heavy atom. The van der Waals surface area contributed by atoms with Crippen LogP contribution in [0, 0.1) is 0 Å². The van der Waals surface area contributed by atoms with Gasteiger partial charge in [-0.2, -0.15) is 9.90 Å². The number of amides is 1. The number of rotatable bonds is 2. The minimum atomic E-state index is -0.0974. The fourth-order valence-electron chi connectivity index (χ4n) is 2.38. The summed E-state index contributed by atoms with van der Waals surface area (Å²) in [5.41, 5.74) is 1.19. The molecule has 0 N–H and O–H groups in total. The van der Waals surface area contributed by atoms with E-state index in [1.54, 1.807) is 4.90 Å². The van der Waals surface area contributed by atoms with E-state index in [2.05, 4.69) is 10.2 Å². The standard InChI is InChI=1S/C15H18N4O2/c1-11-10-21-12(2)9-18(11)15(20)14-8-16-19(17-14)13-6-4-3-5-7-13/h3-8,11-12H,9-10H2,1-2H3. The molecule has 0 bridgehead atoms. The zero-order valence-corrected chi connectivity index (χ0v) is 12.1. The molecule has 110 valence electrons. The average Bonchev–Trinajstić information content (AvgIpc) is 3.00. The molecule has 1 aromatic heterocycles. The smallest absolute Gasteiger partial charge is 0.276 e. The first-order valence-electron chi connectivity index (χ1n) is 7.05. The number of nitrogens with zero attached hydrogens (tertiary/aromatic N) is 4. The summed E-state index contributed by atoms with van der Waals surface area (Å²) >= 11 is 0. The maximum absolute atomic E-state index is 12.6. The third-order valence-corrected chi connectivity index (χ3v) is 3.57. The number of para-hydroxylation sites is 1. The van der Waals surface area contributed by atoms with Gasteiger partial charge in [0.05, 0.1) is 30.6 Å². The van der Waals surface area contributed by atoms with Gasteiger partial charge in [0, 0.05) is 6.54 Å². The molecule has 1 aliphatic heterocycles. The molecule has 2 atom stereocenters. The van der Waals surface area contributed by atoms with Crippen LogP contribution in [0.2, 0.25) is 0 Å². The Morgan fingerprint density at radius 1 is 1.29 bits per heavy atom. The van der Waals surface area contributed by atoms with Crippen LogP contribution >= 0.6 is 0 Å². The Bertz CT molecular complexity index is 626. The molecule has 2 unspecified atom stereocenters. The van der Waals surface area contributed by atoms with Gasteiger partial charge < -0.3 is 9.64 Å². The molecule has 0 saturated carbocycles. The van der Waals surface area contributed by atoms with Gasteiger partial charge in [0.1, 0.15) is 0 Å². The van der Waals surface area contributed by atoms with E-state index in [0.29, 0.717) is 18.8 Å². The van der Waals surface area contributed by atoms with E-state index < -0.39 is 0 Å². The summed E-state index contributed by atoms with van der Waals surface area (Å²) in [6.45, 7) is 5.08. The molecular formula is C15H18N4O2. The minimum absolute atomic E-state index is 0.0503. The normalized spacial score (nSPS) is 22.3. The molecule has 0 aliphatic carbocycles. The van der Waals surface area contributed by atoms with Crippen molar-refractivity contribution in [3.05, 3.63) is 42.2 Å². The van der Waals surface area contributed by atoms with Gasteiger partial charge in [0.2, 0.25) is 0 Å². The first-order chi connectivity index (χ1) is 10.1. The molecule has 1 aromatic carbocycles. The largest absolute Gasteiger partial charge is 0.375 e. The van der Waals surface area contributed by atoms with Crippen molar-refractivity contribution in [3.63, 3.8) is 0 Å². The molecule has 6 nitrogen and oxygen atoms in total. The van der Waals surface area contributed by atoms with Crippen molar-refractivity contribution in [1.82, 2.24) is 19.9 Å². The number of carbonyl (C=O) groups excluding carboxylic acids is 1. The van der Waals surface area contributed by atoms with Gasteiger partial charge >= 0.3 is 0 Å². The molecule has 0 radical (unpaired) electrons. The van der Waals surface area contributed by atoms with Crippen LogP contribution in [0.4, 0.5) is 0 Å². The highest BCUT2D eigenvalue weighted by molar-refractivity contribution is 5.92. The maximum Gasteiger partial charge on any atom is 0.276 e. The molecule has 1 aliphatic rings. The van der Waals surface area contributed by atoms with E-state index >= 15 is 0 Å². The molecule has 0 spiro atoms. The van der Waals surface area contributed by atoms with E-state index in [-0.39, 0.29) is 18.1 Å². The van der Waals surface area contributed by atoms with Crippen LogP contribution in [-0.4, -0.2) is 51.1 Å². The van der Waals surface area contributed by atoms with Gasteiger partial charge in [0.15, 0.2) is 5.69 Å². The lowest BCUT2D eigenvalue weighted by atomic mass is 10.2. The Hall–Kier alpha value is -2.21. The van der Waals surface area contributed by atoms with Crippen molar-refractivity contribution in [2.24, 2.45) is 0 Å². The third kappa shape index (κ3) is 2.80. The van der Waals surface area contributed by atoms with Gasteiger partial charge in [-0.15, -0.1) is 5.10 Å². The van der Waals surface area contributed by atoms with Crippen molar-refractivity contribution in [2.45, 2.75) is 26.0 Å². The van der Waals surface area contributed by atoms with Crippen molar-refractivity contribution < 1.29 is 9.53 Å². The van der Waals surface area contributed by atoms with Crippen molar-refractivity contribution >= 4 is 5.91 Å². The average molecular weight is 286 g/mol. The van der Waals surface area contributed by atoms with Gasteiger partial charge in [-0.3, -0.25) is 4.79 Å². The van der Waals surface area contributed by atoms with Crippen LogP contribution in [-0.2, 0) is 4.74 Å². The number of aromatic nitrogens is 3. The zero-order chi connectivity index (χ0) is 14.8. The summed E-state index contributed by atoms with van der Waals surface area (Å²) in [5.74, 6) is -0.0974. The lowest BCUT2D eigenvalue weighted by Crippen LogP contribution is -2.50. The Morgan fingerprint density at radius 2 is 2.05 bits per heavy atom. The number of ether oxygens (including phenoxy) is 1. The monoisotopic (exact) mass is 286 g/mol. The van der Waals surface area contributed by atoms with Crippen LogP contribution in [0.25, 0.3) is 5.69 Å². The molecule has 6 heteroatoms. The Labute approximate surface area is 123 Å². The number of hydrogen-bond donors (Lipinski definition) is 0. The lowest BCUT2D eigenvalue weighted by Gasteiger charge is -2.36. The third-order valence-electron chi connectivity index (χ3n) is 3.57. The summed E-state index contributed by atoms with van der Waals surface area (Å²) in [7, 11) is 0. The molecule has 1 fully saturated rings. The van der Waals surface area contributed by atoms with Crippen LogP contribution in [0.5, 0.6) is 0 Å². The highest BCUT2D eigenvalue weighted by atomic mass is 16.5. The number of benzene rings is 1. The van der Waals surface area contributed by atoms with E-state index in [0.717, 1.165) is 5.69 Å². The van der Waals surface area contributed by atoms with Crippen LogP contribution in [0.3, 0.4) is 0 Å². The summed E-state index contributed by atoms with van der Waals surface area (Å²) in [6, 6.07) is 9.59. The second kappa shape index (κ2) is 5.65. The summed E-state index contributed by atoms with van der Waals surface area (Å²) in [5, 5.41) is 8.46. The Kier molecular flexibility index (Phi) is 3.70. The summed E-state index contributed by atoms with van der Waals surface area (Å²) in [6.07, 6.45) is 1.57. The van der Waals surface area contributed by atoms with Gasteiger partial charge in [-0.05, 0) is 26.0 Å². The second-order valence-corrected chi connectivity index (χ2v) is 5.31. The van der Waals surface area contributed by atoms with Crippen molar-refractivity contribution in [1.29, 1.82) is 0 Å². The Balaban J connectivity index is 1.81. The van der Waals surface area contributed by atoms with Crippen molar-refractivity contribution in [2.75, 3.05) is 13.2 Å². The van der Waals surface area contributed by atoms with E-state index in [1.165, 1.54) is 11.0 Å². The highest BCUT2D eigenvalue weighted by Gasteiger charge is 2.29. The number of carbonyl (C=O) groups is 1. The fourth-order valence-corrected chi connectivity index (χ4v) is 2.38. The van der Waals surface area contributed by atoms with Crippen LogP contribution < -0.4 is 0 Å². The number of morpholine rings is 1. The first-order valence-corrected chi connectivity index (χ1v) is 7.05. The highest BCUT2D eigenvalue weighted by Crippen LogP contribution is 2.14. The molecule has 3 rings (SSSR count). The number of hydrogen-bond acceptors (Lipinski definition) is 4. The molecular weight excluding hydrogens is 268 g/mol. The molecule has 2 heterocycles. The summed E-state index contributed by atoms with van der Waals surface area (Å²) in [4.78, 5) is 15.8. The zero-order valence-electron chi connectivity index (χ0n) is 12.1. The SMILES string of the molecule is CC1CN(C(=O)c2cnn(-c3ccccc3)n2)C(C)CO1. The van der Waals surface area contributed by atoms with E-state index in [4.69, 9.17) is 4.74 Å². The van der Waals surface area contributed by atoms with Gasteiger partial charge in [-0.25, -0.2) is 0 Å². The topological polar surface area (TPSA) is 60.2 Å². The van der Waals surface area contributed by atoms with Gasteiger partial charge in [-0.1, -0.05) is 18.2 Å². The first kappa shape index (κ1) is 13.8.